The minimum absolute atomic E-state index is 0.0606. The lowest BCUT2D eigenvalue weighted by Crippen LogP contribution is -2.35. The molecule has 0 bridgehead atoms. The molecule has 0 saturated heterocycles. The second-order valence-corrected chi connectivity index (χ2v) is 2.45. The van der Waals surface area contributed by atoms with Gasteiger partial charge in [-0.25, -0.2) is 13.9 Å². The summed E-state index contributed by atoms with van der Waals surface area (Å²) < 4.78 is 2.99. The molecular weight excluding hydrogens is 160 g/mol. The summed E-state index contributed by atoms with van der Waals surface area (Å²) in [4.78, 5) is 10.7. The number of hydrogen-bond acceptors (Lipinski definition) is 2. The lowest BCUT2D eigenvalue weighted by Gasteiger charge is -1.94. The van der Waals surface area contributed by atoms with E-state index in [1.807, 2.05) is 0 Å². The van der Waals surface area contributed by atoms with Crippen LogP contribution in [0.25, 0.3) is 0 Å². The number of aryl methyl sites for hydroxylation is 1. The standard InChI is InChI=1S/C7H10N2O3/c1-8-2-3-9(4-5-10)6(8)7(11)12/h2-3,10H,4-5H2,1H3/p+1. The van der Waals surface area contributed by atoms with Gasteiger partial charge in [0.1, 0.15) is 18.9 Å². The zero-order chi connectivity index (χ0) is 9.14. The summed E-state index contributed by atoms with van der Waals surface area (Å²) in [5.41, 5.74) is 0. The Balaban J connectivity index is 3.04. The largest absolute Gasteiger partial charge is 0.472 e. The molecule has 0 aliphatic carbocycles. The molecule has 1 heterocycles. The normalized spacial score (nSPS) is 10.2. The zero-order valence-electron chi connectivity index (χ0n) is 6.77. The van der Waals surface area contributed by atoms with Gasteiger partial charge in [-0.2, -0.15) is 0 Å². The SMILES string of the molecule is C[n+]1ccn(CCO)c1C(=O)O. The smallest absolute Gasteiger partial charge is 0.419 e. The van der Waals surface area contributed by atoms with Crippen molar-refractivity contribution in [2.75, 3.05) is 6.61 Å². The van der Waals surface area contributed by atoms with E-state index in [1.54, 1.807) is 19.4 Å². The quantitative estimate of drug-likeness (QED) is 0.573. The highest BCUT2D eigenvalue weighted by atomic mass is 16.4. The summed E-state index contributed by atoms with van der Waals surface area (Å²) in [7, 11) is 1.65. The topological polar surface area (TPSA) is 66.3 Å². The summed E-state index contributed by atoms with van der Waals surface area (Å²) >= 11 is 0. The number of carboxylic acid groups (broad SMARTS) is 1. The van der Waals surface area contributed by atoms with E-state index in [0.29, 0.717) is 6.54 Å². The fraction of sp³-hybridized carbons (Fsp3) is 0.429. The first-order valence-electron chi connectivity index (χ1n) is 3.55. The minimum atomic E-state index is -0.990. The maximum Gasteiger partial charge on any atom is 0.419 e. The van der Waals surface area contributed by atoms with Gasteiger partial charge in [-0.15, -0.1) is 0 Å². The first-order valence-corrected chi connectivity index (χ1v) is 3.55. The average molecular weight is 171 g/mol. The van der Waals surface area contributed by atoms with Crippen LogP contribution in [-0.4, -0.2) is 27.4 Å². The van der Waals surface area contributed by atoms with Gasteiger partial charge < -0.3 is 10.2 Å². The number of hydrogen-bond donors (Lipinski definition) is 2. The zero-order valence-corrected chi connectivity index (χ0v) is 6.77. The molecule has 0 atom stereocenters. The van der Waals surface area contributed by atoms with Gasteiger partial charge in [0.05, 0.1) is 13.7 Å². The third-order valence-electron chi connectivity index (χ3n) is 1.61. The van der Waals surface area contributed by atoms with E-state index in [2.05, 4.69) is 0 Å². The lowest BCUT2D eigenvalue weighted by atomic mass is 10.5. The molecule has 0 aliphatic heterocycles. The van der Waals surface area contributed by atoms with Crippen molar-refractivity contribution in [1.29, 1.82) is 0 Å². The van der Waals surface area contributed by atoms with Crippen LogP contribution in [-0.2, 0) is 13.6 Å². The van der Waals surface area contributed by atoms with E-state index in [9.17, 15) is 4.79 Å². The summed E-state index contributed by atoms with van der Waals surface area (Å²) in [6.45, 7) is 0.247. The van der Waals surface area contributed by atoms with E-state index < -0.39 is 5.97 Å². The van der Waals surface area contributed by atoms with Gasteiger partial charge in [-0.05, 0) is 0 Å². The van der Waals surface area contributed by atoms with Crippen molar-refractivity contribution >= 4 is 5.97 Å². The van der Waals surface area contributed by atoms with Gasteiger partial charge in [0.25, 0.3) is 0 Å². The van der Waals surface area contributed by atoms with Crippen LogP contribution in [0.2, 0.25) is 0 Å². The van der Waals surface area contributed by atoms with Crippen molar-refractivity contribution in [3.05, 3.63) is 18.2 Å². The number of imidazole rings is 1. The number of aromatic carboxylic acids is 1. The summed E-state index contributed by atoms with van der Waals surface area (Å²) in [5.74, 6) is -0.819. The molecule has 1 aromatic rings. The van der Waals surface area contributed by atoms with Crippen LogP contribution in [0.4, 0.5) is 0 Å². The Morgan fingerprint density at radius 3 is 2.92 bits per heavy atom. The average Bonchev–Trinajstić information content (AvgIpc) is 2.32. The second kappa shape index (κ2) is 3.36. The molecule has 0 aromatic carbocycles. The molecule has 1 aromatic heterocycles. The number of aromatic nitrogens is 2. The summed E-state index contributed by atoms with van der Waals surface area (Å²) in [6.07, 6.45) is 3.26. The van der Waals surface area contributed by atoms with Crippen molar-refractivity contribution < 1.29 is 19.6 Å². The van der Waals surface area contributed by atoms with Crippen molar-refractivity contribution in [1.82, 2.24) is 4.57 Å². The Bertz CT molecular complexity index is 293. The summed E-state index contributed by atoms with van der Waals surface area (Å²) in [6, 6.07) is 0. The maximum absolute atomic E-state index is 10.7. The highest BCUT2D eigenvalue weighted by Gasteiger charge is 2.21. The second-order valence-electron chi connectivity index (χ2n) is 2.45. The molecule has 0 amide bonds. The molecule has 5 heteroatoms. The van der Waals surface area contributed by atoms with Crippen molar-refractivity contribution in [3.8, 4) is 0 Å². The number of rotatable bonds is 3. The molecule has 0 spiro atoms. The predicted octanol–water partition coefficient (Wildman–Crippen LogP) is -0.997. The molecule has 2 N–H and O–H groups in total. The van der Waals surface area contributed by atoms with Crippen molar-refractivity contribution in [2.45, 2.75) is 6.54 Å². The minimum Gasteiger partial charge on any atom is -0.472 e. The maximum atomic E-state index is 10.7. The molecule has 0 unspecified atom stereocenters. The van der Waals surface area contributed by atoms with E-state index >= 15 is 0 Å². The van der Waals surface area contributed by atoms with Crippen molar-refractivity contribution in [2.24, 2.45) is 7.05 Å². The van der Waals surface area contributed by atoms with Crippen LogP contribution in [0.3, 0.4) is 0 Å². The Labute approximate surface area is 69.5 Å². The third kappa shape index (κ3) is 1.45. The summed E-state index contributed by atoms with van der Waals surface area (Å²) in [5, 5.41) is 17.4. The number of aliphatic hydroxyl groups is 1. The first kappa shape index (κ1) is 8.73. The molecule has 0 fully saturated rings. The van der Waals surface area contributed by atoms with Gasteiger partial charge in [0.15, 0.2) is 0 Å². The number of nitrogens with zero attached hydrogens (tertiary/aromatic N) is 2. The van der Waals surface area contributed by atoms with Crippen LogP contribution in [0.5, 0.6) is 0 Å². The van der Waals surface area contributed by atoms with Crippen LogP contribution in [0, 0.1) is 0 Å². The van der Waals surface area contributed by atoms with Crippen LogP contribution >= 0.6 is 0 Å². The molecular formula is C7H11N2O3+. The lowest BCUT2D eigenvalue weighted by molar-refractivity contribution is -0.673. The van der Waals surface area contributed by atoms with Crippen molar-refractivity contribution in [3.63, 3.8) is 0 Å². The Hall–Kier alpha value is -1.36. The molecule has 12 heavy (non-hydrogen) atoms. The van der Waals surface area contributed by atoms with Gasteiger partial charge in [0.2, 0.25) is 0 Å². The van der Waals surface area contributed by atoms with Crippen LogP contribution in [0.1, 0.15) is 10.6 Å². The van der Waals surface area contributed by atoms with E-state index in [1.165, 1.54) is 9.13 Å². The highest BCUT2D eigenvalue weighted by molar-refractivity contribution is 5.81. The number of aliphatic hydroxyl groups excluding tert-OH is 1. The highest BCUT2D eigenvalue weighted by Crippen LogP contribution is 1.93. The molecule has 0 radical (unpaired) electrons. The van der Waals surface area contributed by atoms with Gasteiger partial charge >= 0.3 is 11.8 Å². The van der Waals surface area contributed by atoms with Crippen LogP contribution in [0.15, 0.2) is 12.4 Å². The first-order chi connectivity index (χ1) is 5.66. The number of carbonyl (C=O) groups is 1. The Morgan fingerprint density at radius 2 is 2.42 bits per heavy atom. The van der Waals surface area contributed by atoms with Crippen LogP contribution < -0.4 is 4.57 Å². The van der Waals surface area contributed by atoms with E-state index in [-0.39, 0.29) is 12.4 Å². The molecule has 0 aliphatic rings. The molecule has 66 valence electrons. The third-order valence-corrected chi connectivity index (χ3v) is 1.61. The monoisotopic (exact) mass is 171 g/mol. The molecule has 5 nitrogen and oxygen atoms in total. The molecule has 0 saturated carbocycles. The van der Waals surface area contributed by atoms with Gasteiger partial charge in [-0.1, -0.05) is 0 Å². The number of carboxylic acids is 1. The predicted molar refractivity (Wildman–Crippen MR) is 39.7 cm³/mol. The Kier molecular flexibility index (Phi) is 2.44. The fourth-order valence-electron chi connectivity index (χ4n) is 1.09. The van der Waals surface area contributed by atoms with Gasteiger partial charge in [-0.3, -0.25) is 0 Å². The Morgan fingerprint density at radius 1 is 1.75 bits per heavy atom. The van der Waals surface area contributed by atoms with E-state index in [4.69, 9.17) is 10.2 Å². The van der Waals surface area contributed by atoms with E-state index in [0.717, 1.165) is 0 Å². The molecule has 1 rings (SSSR count). The fourth-order valence-corrected chi connectivity index (χ4v) is 1.09. The van der Waals surface area contributed by atoms with Gasteiger partial charge in [0, 0.05) is 0 Å².